The summed E-state index contributed by atoms with van der Waals surface area (Å²) in [4.78, 5) is 4.06. The molecule has 1 aliphatic rings. The smallest absolute Gasteiger partial charge is 0.242 e. The van der Waals surface area contributed by atoms with Gasteiger partial charge in [0, 0.05) is 19.8 Å². The van der Waals surface area contributed by atoms with Crippen LogP contribution in [-0.2, 0) is 10.0 Å². The Balaban J connectivity index is 2.10. The van der Waals surface area contributed by atoms with Crippen molar-refractivity contribution in [2.24, 2.45) is 5.92 Å². The molecular formula is C11H16ClN3O2S. The third-order valence-electron chi connectivity index (χ3n) is 3.15. The zero-order valence-electron chi connectivity index (χ0n) is 10.1. The van der Waals surface area contributed by atoms with Gasteiger partial charge >= 0.3 is 0 Å². The summed E-state index contributed by atoms with van der Waals surface area (Å²) in [6, 6.07) is 1.41. The first-order valence-corrected chi connectivity index (χ1v) is 7.72. The molecule has 1 aromatic heterocycles. The van der Waals surface area contributed by atoms with E-state index < -0.39 is 10.0 Å². The largest absolute Gasteiger partial charge is 0.372 e. The van der Waals surface area contributed by atoms with Crippen LogP contribution in [0.1, 0.15) is 19.3 Å². The lowest BCUT2D eigenvalue weighted by molar-refractivity contribution is 0.316. The molecule has 18 heavy (non-hydrogen) atoms. The molecule has 0 spiro atoms. The second kappa shape index (κ2) is 5.42. The highest BCUT2D eigenvalue weighted by Crippen LogP contribution is 2.26. The first-order chi connectivity index (χ1) is 8.53. The van der Waals surface area contributed by atoms with Crippen LogP contribution in [0.3, 0.4) is 0 Å². The fourth-order valence-electron chi connectivity index (χ4n) is 1.76. The molecular weight excluding hydrogens is 274 g/mol. The van der Waals surface area contributed by atoms with E-state index in [9.17, 15) is 8.42 Å². The molecule has 0 unspecified atom stereocenters. The molecule has 1 aliphatic carbocycles. The van der Waals surface area contributed by atoms with Gasteiger partial charge in [-0.05, 0) is 24.8 Å². The molecule has 0 saturated heterocycles. The molecule has 1 heterocycles. The SMILES string of the molecule is CNc1ncc(S(=O)(=O)NCC2CCC2)cc1Cl. The highest BCUT2D eigenvalue weighted by atomic mass is 35.5. The van der Waals surface area contributed by atoms with Crippen molar-refractivity contribution in [3.63, 3.8) is 0 Å². The fraction of sp³-hybridized carbons (Fsp3) is 0.545. The molecule has 7 heteroatoms. The van der Waals surface area contributed by atoms with E-state index in [4.69, 9.17) is 11.6 Å². The van der Waals surface area contributed by atoms with Crippen molar-refractivity contribution < 1.29 is 8.42 Å². The average molecular weight is 290 g/mol. The van der Waals surface area contributed by atoms with E-state index in [0.717, 1.165) is 12.8 Å². The van der Waals surface area contributed by atoms with E-state index in [-0.39, 0.29) is 4.90 Å². The van der Waals surface area contributed by atoms with Crippen molar-refractivity contribution >= 4 is 27.4 Å². The minimum absolute atomic E-state index is 0.103. The molecule has 100 valence electrons. The molecule has 1 fully saturated rings. The molecule has 1 saturated carbocycles. The zero-order valence-corrected chi connectivity index (χ0v) is 11.7. The summed E-state index contributed by atoms with van der Waals surface area (Å²) in [7, 11) is -1.83. The maximum Gasteiger partial charge on any atom is 0.242 e. The number of nitrogens with zero attached hydrogens (tertiary/aromatic N) is 1. The summed E-state index contributed by atoms with van der Waals surface area (Å²) in [6.07, 6.45) is 4.69. The Hall–Kier alpha value is -0.850. The van der Waals surface area contributed by atoms with Gasteiger partial charge in [0.15, 0.2) is 0 Å². The molecule has 0 aliphatic heterocycles. The van der Waals surface area contributed by atoms with Gasteiger partial charge in [-0.15, -0.1) is 0 Å². The van der Waals surface area contributed by atoms with Gasteiger partial charge in [-0.25, -0.2) is 18.1 Å². The monoisotopic (exact) mass is 289 g/mol. The van der Waals surface area contributed by atoms with Crippen molar-refractivity contribution in [3.05, 3.63) is 17.3 Å². The Kier molecular flexibility index (Phi) is 4.09. The summed E-state index contributed by atoms with van der Waals surface area (Å²) in [5.74, 6) is 0.939. The van der Waals surface area contributed by atoms with Crippen LogP contribution >= 0.6 is 11.6 Å². The van der Waals surface area contributed by atoms with Gasteiger partial charge in [0.05, 0.1) is 5.02 Å². The Labute approximate surface area is 112 Å². The molecule has 0 radical (unpaired) electrons. The first-order valence-electron chi connectivity index (χ1n) is 5.86. The van der Waals surface area contributed by atoms with E-state index in [1.165, 1.54) is 18.7 Å². The topological polar surface area (TPSA) is 71.1 Å². The van der Waals surface area contributed by atoms with E-state index >= 15 is 0 Å². The maximum atomic E-state index is 12.0. The number of nitrogens with one attached hydrogen (secondary N) is 2. The van der Waals surface area contributed by atoms with Crippen molar-refractivity contribution in [1.82, 2.24) is 9.71 Å². The second-order valence-corrected chi connectivity index (χ2v) is 6.57. The van der Waals surface area contributed by atoms with Crippen molar-refractivity contribution in [2.75, 3.05) is 18.9 Å². The third-order valence-corrected chi connectivity index (χ3v) is 4.83. The molecule has 5 nitrogen and oxygen atoms in total. The molecule has 2 rings (SSSR count). The van der Waals surface area contributed by atoms with Gasteiger partial charge in [0.25, 0.3) is 0 Å². The molecule has 1 aromatic rings. The number of halogens is 1. The van der Waals surface area contributed by atoms with Gasteiger partial charge in [-0.2, -0.15) is 0 Å². The molecule has 0 atom stereocenters. The number of hydrogen-bond donors (Lipinski definition) is 2. The lowest BCUT2D eigenvalue weighted by Gasteiger charge is -2.25. The highest BCUT2D eigenvalue weighted by molar-refractivity contribution is 7.89. The van der Waals surface area contributed by atoms with E-state index in [1.54, 1.807) is 7.05 Å². The van der Waals surface area contributed by atoms with Crippen LogP contribution in [-0.4, -0.2) is 27.0 Å². The number of hydrogen-bond acceptors (Lipinski definition) is 4. The van der Waals surface area contributed by atoms with Crippen molar-refractivity contribution in [2.45, 2.75) is 24.2 Å². The Morgan fingerprint density at radius 2 is 2.22 bits per heavy atom. The molecule has 0 aromatic carbocycles. The minimum Gasteiger partial charge on any atom is -0.372 e. The van der Waals surface area contributed by atoms with Gasteiger partial charge in [-0.3, -0.25) is 0 Å². The number of anilines is 1. The highest BCUT2D eigenvalue weighted by Gasteiger charge is 2.22. The summed E-state index contributed by atoms with van der Waals surface area (Å²) >= 11 is 5.92. The Morgan fingerprint density at radius 3 is 2.72 bits per heavy atom. The van der Waals surface area contributed by atoms with Crippen molar-refractivity contribution in [3.8, 4) is 0 Å². The van der Waals surface area contributed by atoms with E-state index in [2.05, 4.69) is 15.0 Å². The lowest BCUT2D eigenvalue weighted by atomic mass is 9.86. The average Bonchev–Trinajstić information content (AvgIpc) is 2.26. The summed E-state index contributed by atoms with van der Waals surface area (Å²) < 4.78 is 26.6. The lowest BCUT2D eigenvalue weighted by Crippen LogP contribution is -2.32. The Morgan fingerprint density at radius 1 is 1.50 bits per heavy atom. The van der Waals surface area contributed by atoms with E-state index in [1.807, 2.05) is 0 Å². The van der Waals surface area contributed by atoms with Gasteiger partial charge in [-0.1, -0.05) is 18.0 Å². The van der Waals surface area contributed by atoms with Crippen LogP contribution in [0.25, 0.3) is 0 Å². The van der Waals surface area contributed by atoms with Crippen LogP contribution in [0.15, 0.2) is 17.2 Å². The van der Waals surface area contributed by atoms with Crippen LogP contribution in [0.4, 0.5) is 5.82 Å². The number of rotatable bonds is 5. The summed E-state index contributed by atoms with van der Waals surface area (Å²) in [6.45, 7) is 0.494. The number of pyridine rings is 1. The predicted octanol–water partition coefficient (Wildman–Crippen LogP) is 1.86. The zero-order chi connectivity index (χ0) is 13.2. The molecule has 0 bridgehead atoms. The molecule has 0 amide bonds. The summed E-state index contributed by atoms with van der Waals surface area (Å²) in [5, 5.41) is 3.08. The number of sulfonamides is 1. The standard InChI is InChI=1S/C11H16ClN3O2S/c1-13-11-10(12)5-9(7-14-11)18(16,17)15-6-8-3-2-4-8/h5,7-8,15H,2-4,6H2,1H3,(H,13,14). The second-order valence-electron chi connectivity index (χ2n) is 4.40. The van der Waals surface area contributed by atoms with Crippen molar-refractivity contribution in [1.29, 1.82) is 0 Å². The minimum atomic E-state index is -3.50. The van der Waals surface area contributed by atoms with Crippen LogP contribution < -0.4 is 10.0 Å². The third kappa shape index (κ3) is 2.93. The van der Waals surface area contributed by atoms with Crippen LogP contribution in [0, 0.1) is 5.92 Å². The van der Waals surface area contributed by atoms with Crippen LogP contribution in [0.2, 0.25) is 5.02 Å². The fourth-order valence-corrected chi connectivity index (χ4v) is 3.17. The normalized spacial score (nSPS) is 16.3. The quantitative estimate of drug-likeness (QED) is 0.868. The van der Waals surface area contributed by atoms with Gasteiger partial charge < -0.3 is 5.32 Å². The summed E-state index contributed by atoms with van der Waals surface area (Å²) in [5.41, 5.74) is 0. The van der Waals surface area contributed by atoms with Crippen LogP contribution in [0.5, 0.6) is 0 Å². The predicted molar refractivity (Wildman–Crippen MR) is 71.3 cm³/mol. The molecule has 2 N–H and O–H groups in total. The maximum absolute atomic E-state index is 12.0. The van der Waals surface area contributed by atoms with E-state index in [0.29, 0.717) is 23.3 Å². The Bertz CT molecular complexity index is 529. The van der Waals surface area contributed by atoms with Gasteiger partial charge in [0.2, 0.25) is 10.0 Å². The first kappa shape index (κ1) is 13.6. The van der Waals surface area contributed by atoms with Gasteiger partial charge in [0.1, 0.15) is 10.7 Å². The number of aromatic nitrogens is 1.